The Kier molecular flexibility index (Phi) is 4.28. The predicted molar refractivity (Wildman–Crippen MR) is 71.6 cm³/mol. The van der Waals surface area contributed by atoms with Crippen LogP contribution in [-0.2, 0) is 4.79 Å². The van der Waals surface area contributed by atoms with Crippen molar-refractivity contribution in [2.24, 2.45) is 11.8 Å². The highest BCUT2D eigenvalue weighted by atomic mass is 16.4. The maximum atomic E-state index is 11.9. The van der Waals surface area contributed by atoms with Crippen LogP contribution in [-0.4, -0.2) is 47.7 Å². The molecule has 0 aromatic rings. The molecule has 2 atom stereocenters. The first-order chi connectivity index (χ1) is 8.54. The summed E-state index contributed by atoms with van der Waals surface area (Å²) in [5, 5.41) is 13.2. The lowest BCUT2D eigenvalue weighted by atomic mass is 9.70. The van der Waals surface area contributed by atoms with Crippen LogP contribution in [0.15, 0.2) is 0 Å². The largest absolute Gasteiger partial charge is 0.480 e. The van der Waals surface area contributed by atoms with E-state index in [0.29, 0.717) is 11.8 Å². The van der Waals surface area contributed by atoms with Crippen LogP contribution in [0, 0.1) is 11.8 Å². The summed E-state index contributed by atoms with van der Waals surface area (Å²) in [6.45, 7) is 8.10. The number of hydrogen-bond acceptors (Lipinski definition) is 3. The van der Waals surface area contributed by atoms with Gasteiger partial charge in [0.1, 0.15) is 5.54 Å². The maximum absolute atomic E-state index is 11.9. The topological polar surface area (TPSA) is 52.6 Å². The van der Waals surface area contributed by atoms with Gasteiger partial charge in [0.2, 0.25) is 0 Å². The summed E-state index contributed by atoms with van der Waals surface area (Å²) in [5.41, 5.74) is -0.608. The normalized spacial score (nSPS) is 39.2. The van der Waals surface area contributed by atoms with Gasteiger partial charge in [-0.05, 0) is 44.1 Å². The SMILES string of the molecule is CC1CC(C)CC(C(=O)O)(N2CCCNCC2)C1. The van der Waals surface area contributed by atoms with Gasteiger partial charge in [-0.3, -0.25) is 9.69 Å². The fourth-order valence-electron chi connectivity index (χ4n) is 3.93. The van der Waals surface area contributed by atoms with E-state index in [-0.39, 0.29) is 0 Å². The summed E-state index contributed by atoms with van der Waals surface area (Å²) in [6, 6.07) is 0. The van der Waals surface area contributed by atoms with E-state index in [2.05, 4.69) is 24.1 Å². The van der Waals surface area contributed by atoms with Crippen LogP contribution >= 0.6 is 0 Å². The van der Waals surface area contributed by atoms with E-state index in [1.165, 1.54) is 6.42 Å². The van der Waals surface area contributed by atoms with Gasteiger partial charge in [0, 0.05) is 19.6 Å². The van der Waals surface area contributed by atoms with Crippen molar-refractivity contribution in [1.82, 2.24) is 10.2 Å². The molecule has 1 saturated carbocycles. The summed E-state index contributed by atoms with van der Waals surface area (Å²) in [6.07, 6.45) is 3.85. The summed E-state index contributed by atoms with van der Waals surface area (Å²) in [5.74, 6) is 0.421. The second-order valence-corrected chi connectivity index (χ2v) is 6.28. The molecule has 0 radical (unpaired) electrons. The molecular formula is C14H26N2O2. The van der Waals surface area contributed by atoms with Gasteiger partial charge in [-0.1, -0.05) is 13.8 Å². The molecule has 104 valence electrons. The van der Waals surface area contributed by atoms with E-state index in [0.717, 1.165) is 45.4 Å². The Balaban J connectivity index is 2.21. The number of hydrogen-bond donors (Lipinski definition) is 2. The Morgan fingerprint density at radius 1 is 1.22 bits per heavy atom. The van der Waals surface area contributed by atoms with Gasteiger partial charge in [0.05, 0.1) is 0 Å². The molecule has 0 bridgehead atoms. The van der Waals surface area contributed by atoms with Crippen molar-refractivity contribution in [1.29, 1.82) is 0 Å². The molecular weight excluding hydrogens is 228 g/mol. The lowest BCUT2D eigenvalue weighted by Gasteiger charge is -2.46. The second-order valence-electron chi connectivity index (χ2n) is 6.28. The Morgan fingerprint density at radius 3 is 2.50 bits per heavy atom. The van der Waals surface area contributed by atoms with E-state index in [1.807, 2.05) is 0 Å². The van der Waals surface area contributed by atoms with Crippen LogP contribution in [0.2, 0.25) is 0 Å². The summed E-state index contributed by atoms with van der Waals surface area (Å²) >= 11 is 0. The highest BCUT2D eigenvalue weighted by Gasteiger charge is 2.48. The molecule has 0 aromatic heterocycles. The van der Waals surface area contributed by atoms with E-state index in [1.54, 1.807) is 0 Å². The van der Waals surface area contributed by atoms with Crippen molar-refractivity contribution in [3.63, 3.8) is 0 Å². The van der Waals surface area contributed by atoms with E-state index < -0.39 is 11.5 Å². The standard InChI is InChI=1S/C14H26N2O2/c1-11-8-12(2)10-14(9-11,13(17)18)16-6-3-4-15-5-7-16/h11-12,15H,3-10H2,1-2H3,(H,17,18). The number of carboxylic acids is 1. The number of aliphatic carboxylic acids is 1. The molecule has 2 rings (SSSR count). The van der Waals surface area contributed by atoms with E-state index >= 15 is 0 Å². The molecule has 2 aliphatic rings. The molecule has 1 saturated heterocycles. The summed E-state index contributed by atoms with van der Waals surface area (Å²) in [4.78, 5) is 14.2. The lowest BCUT2D eigenvalue weighted by molar-refractivity contribution is -0.156. The average molecular weight is 254 g/mol. The average Bonchev–Trinajstić information content (AvgIpc) is 2.55. The first kappa shape index (κ1) is 13.8. The van der Waals surface area contributed by atoms with Gasteiger partial charge in [-0.25, -0.2) is 0 Å². The zero-order valence-electron chi connectivity index (χ0n) is 11.6. The van der Waals surface area contributed by atoms with E-state index in [9.17, 15) is 9.90 Å². The molecule has 4 nitrogen and oxygen atoms in total. The van der Waals surface area contributed by atoms with Gasteiger partial charge in [-0.15, -0.1) is 0 Å². The van der Waals surface area contributed by atoms with Gasteiger partial charge in [-0.2, -0.15) is 0 Å². The van der Waals surface area contributed by atoms with Crippen molar-refractivity contribution in [3.05, 3.63) is 0 Å². The molecule has 2 N–H and O–H groups in total. The lowest BCUT2D eigenvalue weighted by Crippen LogP contribution is -2.59. The van der Waals surface area contributed by atoms with Crippen molar-refractivity contribution >= 4 is 5.97 Å². The Morgan fingerprint density at radius 2 is 1.89 bits per heavy atom. The van der Waals surface area contributed by atoms with Gasteiger partial charge in [0.15, 0.2) is 0 Å². The quantitative estimate of drug-likeness (QED) is 0.785. The van der Waals surface area contributed by atoms with Gasteiger partial charge < -0.3 is 10.4 Å². The zero-order chi connectivity index (χ0) is 13.2. The number of rotatable bonds is 2. The molecule has 1 aliphatic heterocycles. The minimum atomic E-state index is -0.609. The molecule has 4 heteroatoms. The third kappa shape index (κ3) is 2.69. The molecule has 2 fully saturated rings. The summed E-state index contributed by atoms with van der Waals surface area (Å²) < 4.78 is 0. The Labute approximate surface area is 110 Å². The van der Waals surface area contributed by atoms with Crippen LogP contribution < -0.4 is 5.32 Å². The fourth-order valence-corrected chi connectivity index (χ4v) is 3.93. The minimum Gasteiger partial charge on any atom is -0.480 e. The van der Waals surface area contributed by atoms with Crippen LogP contribution in [0.1, 0.15) is 39.5 Å². The van der Waals surface area contributed by atoms with Crippen molar-refractivity contribution in [3.8, 4) is 0 Å². The first-order valence-corrected chi connectivity index (χ1v) is 7.24. The maximum Gasteiger partial charge on any atom is 0.324 e. The van der Waals surface area contributed by atoms with Crippen molar-refractivity contribution in [2.75, 3.05) is 26.2 Å². The Hall–Kier alpha value is -0.610. The molecule has 0 spiro atoms. The second kappa shape index (κ2) is 5.57. The fraction of sp³-hybridized carbons (Fsp3) is 0.929. The summed E-state index contributed by atoms with van der Waals surface area (Å²) in [7, 11) is 0. The molecule has 0 amide bonds. The number of carbonyl (C=O) groups is 1. The highest BCUT2D eigenvalue weighted by molar-refractivity contribution is 5.79. The molecule has 2 unspecified atom stereocenters. The number of nitrogens with zero attached hydrogens (tertiary/aromatic N) is 1. The van der Waals surface area contributed by atoms with Crippen LogP contribution in [0.25, 0.3) is 0 Å². The van der Waals surface area contributed by atoms with Crippen LogP contribution in [0.4, 0.5) is 0 Å². The van der Waals surface area contributed by atoms with Crippen LogP contribution in [0.3, 0.4) is 0 Å². The zero-order valence-corrected chi connectivity index (χ0v) is 11.6. The molecule has 18 heavy (non-hydrogen) atoms. The molecule has 1 aliphatic carbocycles. The Bertz CT molecular complexity index is 288. The number of carboxylic acid groups (broad SMARTS) is 1. The number of nitrogens with one attached hydrogen (secondary N) is 1. The van der Waals surface area contributed by atoms with Crippen molar-refractivity contribution in [2.45, 2.75) is 45.1 Å². The third-order valence-corrected chi connectivity index (χ3v) is 4.52. The van der Waals surface area contributed by atoms with Gasteiger partial charge >= 0.3 is 5.97 Å². The first-order valence-electron chi connectivity index (χ1n) is 7.24. The smallest absolute Gasteiger partial charge is 0.324 e. The minimum absolute atomic E-state index is 0.515. The third-order valence-electron chi connectivity index (χ3n) is 4.52. The van der Waals surface area contributed by atoms with Gasteiger partial charge in [0.25, 0.3) is 0 Å². The van der Waals surface area contributed by atoms with Crippen LogP contribution in [0.5, 0.6) is 0 Å². The monoisotopic (exact) mass is 254 g/mol. The van der Waals surface area contributed by atoms with E-state index in [4.69, 9.17) is 0 Å². The molecule has 0 aromatic carbocycles. The highest BCUT2D eigenvalue weighted by Crippen LogP contribution is 2.40. The predicted octanol–water partition coefficient (Wildman–Crippen LogP) is 1.56. The van der Waals surface area contributed by atoms with Crippen molar-refractivity contribution < 1.29 is 9.90 Å². The molecule has 1 heterocycles.